The quantitative estimate of drug-likeness (QED) is 0.880. The van der Waals surface area contributed by atoms with Gasteiger partial charge in [0.15, 0.2) is 0 Å². The minimum atomic E-state index is 0.121. The minimum absolute atomic E-state index is 0.121. The lowest BCUT2D eigenvalue weighted by atomic mass is 9.98. The van der Waals surface area contributed by atoms with E-state index in [0.29, 0.717) is 6.10 Å². The first-order valence-corrected chi connectivity index (χ1v) is 7.69. The van der Waals surface area contributed by atoms with Gasteiger partial charge in [-0.15, -0.1) is 0 Å². The Morgan fingerprint density at radius 2 is 2.00 bits per heavy atom. The van der Waals surface area contributed by atoms with E-state index >= 15 is 0 Å². The van der Waals surface area contributed by atoms with Crippen molar-refractivity contribution in [1.82, 2.24) is 10.3 Å². The summed E-state index contributed by atoms with van der Waals surface area (Å²) in [5.74, 6) is 0.966. The zero-order valence-electron chi connectivity index (χ0n) is 12.7. The zero-order chi connectivity index (χ0) is 14.7. The van der Waals surface area contributed by atoms with Crippen LogP contribution < -0.4 is 10.1 Å². The molecule has 3 rings (SSSR count). The van der Waals surface area contributed by atoms with Crippen LogP contribution in [0, 0.1) is 0 Å². The van der Waals surface area contributed by atoms with Gasteiger partial charge < -0.3 is 10.1 Å². The van der Waals surface area contributed by atoms with Crippen molar-refractivity contribution in [2.45, 2.75) is 38.3 Å². The first-order chi connectivity index (χ1) is 10.3. The van der Waals surface area contributed by atoms with Crippen LogP contribution in [0.2, 0.25) is 0 Å². The van der Waals surface area contributed by atoms with E-state index in [1.54, 1.807) is 0 Å². The summed E-state index contributed by atoms with van der Waals surface area (Å²) in [6.07, 6.45) is 5.68. The number of nitrogens with one attached hydrogen (secondary N) is 1. The Kier molecular flexibility index (Phi) is 4.20. The molecule has 0 radical (unpaired) electrons. The molecule has 1 aromatic heterocycles. The van der Waals surface area contributed by atoms with E-state index in [2.05, 4.69) is 47.6 Å². The Balaban J connectivity index is 1.84. The van der Waals surface area contributed by atoms with Gasteiger partial charge in [0.05, 0.1) is 17.8 Å². The highest BCUT2D eigenvalue weighted by Crippen LogP contribution is 2.29. The predicted octanol–water partition coefficient (Wildman–Crippen LogP) is 3.49. The van der Waals surface area contributed by atoms with Gasteiger partial charge in [0.25, 0.3) is 0 Å². The maximum Gasteiger partial charge on any atom is 0.119 e. The van der Waals surface area contributed by atoms with Crippen molar-refractivity contribution in [2.24, 2.45) is 0 Å². The number of aryl methyl sites for hydroxylation is 1. The van der Waals surface area contributed by atoms with Crippen LogP contribution in [0.3, 0.4) is 0 Å². The van der Waals surface area contributed by atoms with Crippen molar-refractivity contribution < 1.29 is 4.74 Å². The van der Waals surface area contributed by atoms with Crippen LogP contribution in [0.25, 0.3) is 0 Å². The standard InChI is InChI=1S/C18H22N2O/c1-3-13-5-4-12-20-18(13)17(19-2)14-6-8-15(9-7-14)21-16-10-11-16/h4-9,12,16-17,19H,3,10-11H2,1-2H3. The van der Waals surface area contributed by atoms with Gasteiger partial charge >= 0.3 is 0 Å². The minimum Gasteiger partial charge on any atom is -0.490 e. The Morgan fingerprint density at radius 3 is 2.62 bits per heavy atom. The third kappa shape index (κ3) is 3.24. The van der Waals surface area contributed by atoms with Crippen LogP contribution in [0.1, 0.15) is 42.6 Å². The summed E-state index contributed by atoms with van der Waals surface area (Å²) >= 11 is 0. The van der Waals surface area contributed by atoms with E-state index in [1.807, 2.05) is 19.3 Å². The van der Waals surface area contributed by atoms with Gasteiger partial charge in [-0.1, -0.05) is 25.1 Å². The van der Waals surface area contributed by atoms with Gasteiger partial charge in [0.1, 0.15) is 5.75 Å². The van der Waals surface area contributed by atoms with E-state index in [4.69, 9.17) is 4.74 Å². The average Bonchev–Trinajstić information content (AvgIpc) is 3.34. The van der Waals surface area contributed by atoms with Crippen LogP contribution in [-0.4, -0.2) is 18.1 Å². The number of benzene rings is 1. The number of hydrogen-bond acceptors (Lipinski definition) is 3. The Labute approximate surface area is 126 Å². The van der Waals surface area contributed by atoms with Crippen molar-refractivity contribution in [2.75, 3.05) is 7.05 Å². The molecule has 0 aliphatic heterocycles. The molecule has 3 heteroatoms. The highest BCUT2D eigenvalue weighted by molar-refractivity contribution is 5.36. The third-order valence-electron chi connectivity index (χ3n) is 3.91. The lowest BCUT2D eigenvalue weighted by Gasteiger charge is -2.19. The number of nitrogens with zero attached hydrogens (tertiary/aromatic N) is 1. The maximum absolute atomic E-state index is 5.81. The fourth-order valence-electron chi connectivity index (χ4n) is 2.59. The Bertz CT molecular complexity index is 590. The topological polar surface area (TPSA) is 34.2 Å². The van der Waals surface area contributed by atoms with Gasteiger partial charge in [-0.05, 0) is 55.6 Å². The van der Waals surface area contributed by atoms with E-state index in [9.17, 15) is 0 Å². The highest BCUT2D eigenvalue weighted by Gasteiger charge is 2.23. The second-order valence-electron chi connectivity index (χ2n) is 5.51. The van der Waals surface area contributed by atoms with Crippen molar-refractivity contribution >= 4 is 0 Å². The molecule has 21 heavy (non-hydrogen) atoms. The van der Waals surface area contributed by atoms with E-state index in [0.717, 1.165) is 17.9 Å². The second-order valence-corrected chi connectivity index (χ2v) is 5.51. The lowest BCUT2D eigenvalue weighted by Crippen LogP contribution is -2.20. The smallest absolute Gasteiger partial charge is 0.119 e. The highest BCUT2D eigenvalue weighted by atomic mass is 16.5. The molecule has 0 bridgehead atoms. The molecular weight excluding hydrogens is 260 g/mol. The molecule has 1 atom stereocenters. The van der Waals surface area contributed by atoms with Gasteiger partial charge in [-0.2, -0.15) is 0 Å². The molecular formula is C18H22N2O. The summed E-state index contributed by atoms with van der Waals surface area (Å²) in [6.45, 7) is 2.17. The second kappa shape index (κ2) is 6.27. The van der Waals surface area contributed by atoms with Crippen LogP contribution >= 0.6 is 0 Å². The van der Waals surface area contributed by atoms with Crippen molar-refractivity contribution in [3.8, 4) is 5.75 Å². The first-order valence-electron chi connectivity index (χ1n) is 7.69. The van der Waals surface area contributed by atoms with Gasteiger partial charge in [-0.25, -0.2) is 0 Å². The number of rotatable bonds is 6. The van der Waals surface area contributed by atoms with E-state index < -0.39 is 0 Å². The SMILES string of the molecule is CCc1cccnc1C(NC)c1ccc(OC2CC2)cc1. The molecule has 1 N–H and O–H groups in total. The lowest BCUT2D eigenvalue weighted by molar-refractivity contribution is 0.303. The normalized spacial score (nSPS) is 15.7. The van der Waals surface area contributed by atoms with Gasteiger partial charge in [0.2, 0.25) is 0 Å². The van der Waals surface area contributed by atoms with Crippen LogP contribution in [-0.2, 0) is 6.42 Å². The molecule has 0 spiro atoms. The molecule has 0 amide bonds. The molecule has 3 nitrogen and oxygen atoms in total. The zero-order valence-corrected chi connectivity index (χ0v) is 12.7. The van der Waals surface area contributed by atoms with Gasteiger partial charge in [0, 0.05) is 6.20 Å². The van der Waals surface area contributed by atoms with Crippen LogP contribution in [0.4, 0.5) is 0 Å². The van der Waals surface area contributed by atoms with Crippen molar-refractivity contribution in [3.05, 3.63) is 59.4 Å². The van der Waals surface area contributed by atoms with Crippen LogP contribution in [0.15, 0.2) is 42.6 Å². The molecule has 1 unspecified atom stereocenters. The predicted molar refractivity (Wildman–Crippen MR) is 84.6 cm³/mol. The molecule has 2 aromatic rings. The molecule has 110 valence electrons. The molecule has 1 heterocycles. The largest absolute Gasteiger partial charge is 0.490 e. The summed E-state index contributed by atoms with van der Waals surface area (Å²) in [4.78, 5) is 4.58. The van der Waals surface area contributed by atoms with E-state index in [1.165, 1.54) is 24.0 Å². The third-order valence-corrected chi connectivity index (χ3v) is 3.91. The average molecular weight is 282 g/mol. The number of aromatic nitrogens is 1. The van der Waals surface area contributed by atoms with Crippen molar-refractivity contribution in [1.29, 1.82) is 0 Å². The molecule has 1 aromatic carbocycles. The van der Waals surface area contributed by atoms with E-state index in [-0.39, 0.29) is 6.04 Å². The molecule has 1 aliphatic carbocycles. The Morgan fingerprint density at radius 1 is 1.24 bits per heavy atom. The summed E-state index contributed by atoms with van der Waals surface area (Å²) < 4.78 is 5.81. The summed E-state index contributed by atoms with van der Waals surface area (Å²) in [5.41, 5.74) is 3.61. The Hall–Kier alpha value is -1.87. The molecule has 0 saturated heterocycles. The summed E-state index contributed by atoms with van der Waals surface area (Å²) in [5, 5.41) is 3.38. The van der Waals surface area contributed by atoms with Gasteiger partial charge in [-0.3, -0.25) is 4.98 Å². The molecule has 1 saturated carbocycles. The monoisotopic (exact) mass is 282 g/mol. The van der Waals surface area contributed by atoms with Crippen molar-refractivity contribution in [3.63, 3.8) is 0 Å². The number of ether oxygens (including phenoxy) is 1. The fraction of sp³-hybridized carbons (Fsp3) is 0.389. The number of pyridine rings is 1. The summed E-state index contributed by atoms with van der Waals surface area (Å²) in [6, 6.07) is 12.7. The van der Waals surface area contributed by atoms with Crippen LogP contribution in [0.5, 0.6) is 5.75 Å². The maximum atomic E-state index is 5.81. The molecule has 1 fully saturated rings. The first kappa shape index (κ1) is 14.1. The fourth-order valence-corrected chi connectivity index (χ4v) is 2.59. The summed E-state index contributed by atoms with van der Waals surface area (Å²) in [7, 11) is 1.98. The number of hydrogen-bond donors (Lipinski definition) is 1. The molecule has 1 aliphatic rings.